The minimum Gasteiger partial charge on any atom is -0.495 e. The second-order valence-corrected chi connectivity index (χ2v) is 26.2. The first-order valence-corrected chi connectivity index (χ1v) is 31.1. The maximum Gasteiger partial charge on any atom is 0.409 e. The van der Waals surface area contributed by atoms with E-state index in [0.717, 1.165) is 16.0 Å². The number of likely N-dealkylation sites (N-methyl/N-ethyl adjacent to an activating group) is 1. The van der Waals surface area contributed by atoms with Gasteiger partial charge in [-0.2, -0.15) is 0 Å². The van der Waals surface area contributed by atoms with E-state index < -0.39 is 108 Å². The number of nitrogens with one attached hydrogen (secondary N) is 4. The molecule has 3 fully saturated rings. The normalized spacial score (nSPS) is 25.7. The van der Waals surface area contributed by atoms with Crippen LogP contribution in [0.5, 0.6) is 5.75 Å². The number of hydrogen-bond donors (Lipinski definition) is 6. The number of fused-ring (bicyclic) bond motifs is 5. The number of imide groups is 1. The zero-order valence-corrected chi connectivity index (χ0v) is 54.8. The molecule has 4 aliphatic rings. The number of unbranched alkanes of at least 4 members (excludes halogenated alkanes) is 2. The topological polar surface area (TPSA) is 324 Å². The number of likely N-dealkylation sites (tertiary alicyclic amines) is 1. The number of ketones is 1. The third-order valence-electron chi connectivity index (χ3n) is 17.7. The molecule has 6 rings (SSSR count). The zero-order chi connectivity index (χ0) is 66.7. The summed E-state index contributed by atoms with van der Waals surface area (Å²) in [5.74, 6) is -5.44. The van der Waals surface area contributed by atoms with Crippen molar-refractivity contribution in [2.24, 2.45) is 34.8 Å². The van der Waals surface area contributed by atoms with E-state index in [0.29, 0.717) is 37.1 Å². The predicted octanol–water partition coefficient (Wildman–Crippen LogP) is 6.91. The number of epoxide rings is 1. The van der Waals surface area contributed by atoms with Gasteiger partial charge in [0.1, 0.15) is 52.6 Å². The van der Waals surface area contributed by atoms with Gasteiger partial charge in [-0.15, -0.1) is 0 Å². The lowest BCUT2D eigenvalue weighted by Crippen LogP contribution is -2.63. The number of hydrogen-bond acceptors (Lipinski definition) is 16. The Morgan fingerprint density at radius 2 is 1.66 bits per heavy atom. The van der Waals surface area contributed by atoms with Crippen LogP contribution in [0.15, 0.2) is 60.2 Å². The Kier molecular flexibility index (Phi) is 24.4. The van der Waals surface area contributed by atoms with E-state index in [1.165, 1.54) is 69.3 Å². The largest absolute Gasteiger partial charge is 0.495 e. The molecule has 7 N–H and O–H groups in total. The molecule has 24 nitrogen and oxygen atoms in total. The van der Waals surface area contributed by atoms with Gasteiger partial charge in [0.15, 0.2) is 5.72 Å². The van der Waals surface area contributed by atoms with Crippen LogP contribution >= 0.6 is 11.6 Å². The number of alkyl carbamates (subject to hydrolysis) is 1. The Balaban J connectivity index is 1.13. The summed E-state index contributed by atoms with van der Waals surface area (Å²) in [7, 11) is 5.78. The molecule has 0 saturated carbocycles. The monoisotopic (exact) mass is 1270 g/mol. The number of nitrogens with two attached hydrogens (primary N) is 1. The van der Waals surface area contributed by atoms with Gasteiger partial charge in [0, 0.05) is 83.1 Å². The molecule has 4 aliphatic heterocycles. The van der Waals surface area contributed by atoms with Crippen molar-refractivity contribution in [3.05, 3.63) is 76.3 Å². The van der Waals surface area contributed by atoms with Gasteiger partial charge in [0.2, 0.25) is 29.5 Å². The van der Waals surface area contributed by atoms with E-state index in [-0.39, 0.29) is 103 Å². The lowest BCUT2D eigenvalue weighted by atomic mass is 9.80. The number of Topliss-reactive ketones (excluding diaryl/α,β-unsaturated/α-hetero) is 1. The van der Waals surface area contributed by atoms with Gasteiger partial charge in [-0.05, 0) is 106 Å². The first-order valence-electron chi connectivity index (χ1n) is 30.7. The maximum atomic E-state index is 14.5. The summed E-state index contributed by atoms with van der Waals surface area (Å²) in [6.07, 6.45) is 2.29. The quantitative estimate of drug-likeness (QED) is 0.0285. The number of anilines is 2. The van der Waals surface area contributed by atoms with E-state index in [4.69, 9.17) is 41.0 Å². The fourth-order valence-corrected chi connectivity index (χ4v) is 12.0. The molecule has 90 heavy (non-hydrogen) atoms. The Labute approximate surface area is 532 Å². The van der Waals surface area contributed by atoms with Crippen LogP contribution in [0.4, 0.5) is 21.0 Å². The number of rotatable bonds is 23. The fraction of sp³-hybridized carbons (Fsp3) is 0.600. The average molecular weight is 1280 g/mol. The van der Waals surface area contributed by atoms with Crippen LogP contribution in [0.3, 0.4) is 0 Å². The Morgan fingerprint density at radius 1 is 0.967 bits per heavy atom. The molecule has 0 radical (unpaired) electrons. The molecule has 0 spiro atoms. The molecule has 9 amide bonds. The molecule has 0 aliphatic carbocycles. The first kappa shape index (κ1) is 71.7. The van der Waals surface area contributed by atoms with Gasteiger partial charge in [-0.3, -0.25) is 43.8 Å². The number of allylic oxidation sites excluding steroid dienone is 3. The highest BCUT2D eigenvalue weighted by atomic mass is 35.5. The van der Waals surface area contributed by atoms with Crippen LogP contribution in [-0.2, 0) is 58.9 Å². The van der Waals surface area contributed by atoms with Crippen molar-refractivity contribution in [2.45, 2.75) is 181 Å². The van der Waals surface area contributed by atoms with Gasteiger partial charge in [-0.25, -0.2) is 14.4 Å². The van der Waals surface area contributed by atoms with Crippen LogP contribution in [0.2, 0.25) is 5.02 Å². The second kappa shape index (κ2) is 30.6. The molecular formula is C65H91ClN8O16. The highest BCUT2D eigenvalue weighted by Crippen LogP contribution is 2.49. The Hall–Kier alpha value is -7.41. The number of amides is 9. The number of methoxy groups -OCH3 is 2. The number of ether oxygens (including phenoxy) is 5. The number of urea groups is 1. The van der Waals surface area contributed by atoms with Gasteiger partial charge in [-0.1, -0.05) is 83.4 Å². The minimum atomic E-state index is -1.91. The fourth-order valence-electron chi connectivity index (χ4n) is 11.7. The number of carbonyl (C=O) groups is 10. The number of primary amides is 1. The summed E-state index contributed by atoms with van der Waals surface area (Å²) in [5, 5.41) is 22.7. The van der Waals surface area contributed by atoms with E-state index in [9.17, 15) is 53.1 Å². The van der Waals surface area contributed by atoms with Gasteiger partial charge < -0.3 is 60.3 Å². The minimum absolute atomic E-state index is 0.0711. The number of nitrogens with zero attached hydrogens (tertiary/aromatic N) is 3. The summed E-state index contributed by atoms with van der Waals surface area (Å²) in [4.78, 5) is 138. The molecule has 2 aromatic carbocycles. The van der Waals surface area contributed by atoms with Crippen molar-refractivity contribution < 1.29 is 76.7 Å². The summed E-state index contributed by atoms with van der Waals surface area (Å²) >= 11 is 6.85. The second-order valence-electron chi connectivity index (χ2n) is 25.8. The highest BCUT2D eigenvalue weighted by Gasteiger charge is 2.64. The first-order chi connectivity index (χ1) is 42.2. The molecule has 4 heterocycles. The molecule has 4 bridgehead atoms. The number of esters is 1. The molecule has 2 aromatic rings. The van der Waals surface area contributed by atoms with Crippen LogP contribution < -0.4 is 36.6 Å². The maximum absolute atomic E-state index is 14.5. The Morgan fingerprint density at radius 3 is 2.28 bits per heavy atom. The lowest BCUT2D eigenvalue weighted by Gasteiger charge is -2.42. The SMILES string of the molecule is COc1cc2cc(c1Cl)N(C)C(=O)C[C@H](OC(=O)[C@H](C)N(C)C(=O)c1ccc(NC(=O)[C@H](CCCNC(N)=O)NC(=O)[C@@H](CC(=O)CCCCCN3C(=O)CC(C(C)(C)C)C3=O)C(C)C)cc1)[C@]1(C)O[C@H]1[C@H](C)[C@@H]1C[C@@](O)(NC(=O)O1)[C@H](OC)/C=C/C=C(\C)C2. The molecule has 25 heteroatoms. The third-order valence-corrected chi connectivity index (χ3v) is 18.0. The lowest BCUT2D eigenvalue weighted by molar-refractivity contribution is -0.158. The number of benzene rings is 2. The summed E-state index contributed by atoms with van der Waals surface area (Å²) < 4.78 is 29.6. The van der Waals surface area contributed by atoms with Crippen molar-refractivity contribution >= 4 is 82.3 Å². The van der Waals surface area contributed by atoms with E-state index in [1.54, 1.807) is 52.0 Å². The van der Waals surface area contributed by atoms with Gasteiger partial charge >= 0.3 is 18.1 Å². The zero-order valence-electron chi connectivity index (χ0n) is 54.0. The number of halogens is 1. The smallest absolute Gasteiger partial charge is 0.409 e. The van der Waals surface area contributed by atoms with Crippen LogP contribution in [0.25, 0.3) is 0 Å². The number of carbonyl (C=O) groups excluding carboxylic acids is 10. The average Bonchev–Trinajstić information content (AvgIpc) is 1.57. The molecular weight excluding hydrogens is 1180 g/mol. The summed E-state index contributed by atoms with van der Waals surface area (Å²) in [6, 6.07) is 6.16. The molecule has 494 valence electrons. The van der Waals surface area contributed by atoms with Crippen molar-refractivity contribution in [3.8, 4) is 5.75 Å². The molecule has 3 saturated heterocycles. The molecule has 11 atom stereocenters. The van der Waals surface area contributed by atoms with Crippen LogP contribution in [0.1, 0.15) is 142 Å². The van der Waals surface area contributed by atoms with Crippen LogP contribution in [0, 0.1) is 29.1 Å². The van der Waals surface area contributed by atoms with Crippen molar-refractivity contribution in [1.82, 2.24) is 25.8 Å². The van der Waals surface area contributed by atoms with Crippen molar-refractivity contribution in [1.29, 1.82) is 0 Å². The molecule has 1 unspecified atom stereocenters. The van der Waals surface area contributed by atoms with E-state index in [2.05, 4.69) is 21.3 Å². The standard InChI is InChI=1S/C65H91ClN8O16/c1-36(2)44(32-43(75)20-15-14-16-28-74-53(77)33-45(59(74)81)63(6,7)8)56(78)70-46(21-18-27-68-61(67)83)57(79)69-42-25-23-41(24-26-42)58(80)72(10)39(5)60(82)89-51-34-52(76)73(11)47-30-40(31-48(86-12)54(47)66)29-37(3)19-17-22-50(87-13)65(85)35-49(88-62(84)71-65)38(4)55-64(51,9)90-55/h17,19,22-26,30-31,36,38-39,44-46,49-51,55,85H,14-16,18,20-21,27-29,32-35H2,1-13H3,(H,69,79)(H,70,78)(H,71,84)(H3,67,68,83)/b22-17+,37-19+/t38-,39+,44+,45?,46+,49+,50-,51+,55+,64+,65+/m1/s1. The van der Waals surface area contributed by atoms with Crippen molar-refractivity contribution in [2.75, 3.05) is 51.6 Å². The molecule has 0 aromatic heterocycles. The van der Waals surface area contributed by atoms with Gasteiger partial charge in [0.05, 0.1) is 31.2 Å². The van der Waals surface area contributed by atoms with Gasteiger partial charge in [0.25, 0.3) is 5.91 Å². The predicted molar refractivity (Wildman–Crippen MR) is 335 cm³/mol. The van der Waals surface area contributed by atoms with E-state index in [1.807, 2.05) is 33.8 Å². The van der Waals surface area contributed by atoms with Crippen molar-refractivity contribution in [3.63, 3.8) is 0 Å². The summed E-state index contributed by atoms with van der Waals surface area (Å²) in [5.41, 5.74) is 3.96. The van der Waals surface area contributed by atoms with Crippen LogP contribution in [-0.4, -0.2) is 163 Å². The Bertz CT molecular complexity index is 3080. The number of aliphatic hydroxyl groups is 1. The highest BCUT2D eigenvalue weighted by molar-refractivity contribution is 6.35. The van der Waals surface area contributed by atoms with E-state index >= 15 is 0 Å². The third kappa shape index (κ3) is 18.0. The summed E-state index contributed by atoms with van der Waals surface area (Å²) in [6.45, 7) is 16.6.